The third-order valence-electron chi connectivity index (χ3n) is 3.06. The zero-order valence-corrected chi connectivity index (χ0v) is 15.3. The molecule has 0 aromatic rings. The highest BCUT2D eigenvalue weighted by Gasteiger charge is 2.01. The molecule has 0 aromatic heterocycles. The van der Waals surface area contributed by atoms with Crippen molar-refractivity contribution in [2.24, 2.45) is 16.6 Å². The maximum Gasteiger partial charge on any atom is 0.321 e. The van der Waals surface area contributed by atoms with Crippen LogP contribution in [0.4, 0.5) is 4.79 Å². The van der Waals surface area contributed by atoms with Crippen LogP contribution in [-0.4, -0.2) is 36.6 Å². The second-order valence-electron chi connectivity index (χ2n) is 5.86. The van der Waals surface area contributed by atoms with Gasteiger partial charge in [-0.1, -0.05) is 33.6 Å². The first-order chi connectivity index (χ1) is 10.6. The van der Waals surface area contributed by atoms with E-state index < -0.39 is 0 Å². The Morgan fingerprint density at radius 1 is 1.18 bits per heavy atom. The number of aliphatic imine (C=N–C) groups is 1. The molecule has 130 valence electrons. The van der Waals surface area contributed by atoms with Crippen LogP contribution in [-0.2, 0) is 0 Å². The number of urea groups is 1. The van der Waals surface area contributed by atoms with Crippen LogP contribution >= 0.6 is 11.8 Å². The van der Waals surface area contributed by atoms with Gasteiger partial charge in [0.15, 0.2) is 5.96 Å². The highest BCUT2D eigenvalue weighted by atomic mass is 32.2. The SMILES string of the molecule is CCCSCCCCNC(=O)NC(N)=NCCCCC(C)C. The molecule has 5 nitrogen and oxygen atoms in total. The molecule has 0 radical (unpaired) electrons. The summed E-state index contributed by atoms with van der Waals surface area (Å²) < 4.78 is 0. The molecule has 4 N–H and O–H groups in total. The Morgan fingerprint density at radius 2 is 1.95 bits per heavy atom. The van der Waals surface area contributed by atoms with E-state index in [1.807, 2.05) is 11.8 Å². The van der Waals surface area contributed by atoms with E-state index in [2.05, 4.69) is 36.4 Å². The average molecular weight is 331 g/mol. The van der Waals surface area contributed by atoms with Crippen molar-refractivity contribution in [2.45, 2.75) is 59.3 Å². The first-order valence-corrected chi connectivity index (χ1v) is 9.64. The van der Waals surface area contributed by atoms with E-state index in [0.29, 0.717) is 13.1 Å². The molecule has 6 heteroatoms. The third kappa shape index (κ3) is 15.5. The van der Waals surface area contributed by atoms with E-state index in [1.54, 1.807) is 0 Å². The molecule has 0 aliphatic heterocycles. The lowest BCUT2D eigenvalue weighted by Gasteiger charge is -2.07. The monoisotopic (exact) mass is 330 g/mol. The van der Waals surface area contributed by atoms with E-state index in [-0.39, 0.29) is 12.0 Å². The fraction of sp³-hybridized carbons (Fsp3) is 0.875. The number of carbonyl (C=O) groups is 1. The van der Waals surface area contributed by atoms with Crippen molar-refractivity contribution in [3.8, 4) is 0 Å². The number of nitrogens with zero attached hydrogens (tertiary/aromatic N) is 1. The summed E-state index contributed by atoms with van der Waals surface area (Å²) in [6.07, 6.45) is 6.72. The molecule has 0 bridgehead atoms. The number of hydrogen-bond donors (Lipinski definition) is 3. The predicted molar refractivity (Wildman–Crippen MR) is 98.6 cm³/mol. The summed E-state index contributed by atoms with van der Waals surface area (Å²) >= 11 is 1.97. The Balaban J connectivity index is 3.52. The summed E-state index contributed by atoms with van der Waals surface area (Å²) in [5, 5.41) is 5.36. The molecule has 0 atom stereocenters. The lowest BCUT2D eigenvalue weighted by atomic mass is 10.1. The van der Waals surface area contributed by atoms with Gasteiger partial charge in [0.05, 0.1) is 0 Å². The number of thioether (sulfide) groups is 1. The van der Waals surface area contributed by atoms with Gasteiger partial charge in [0.2, 0.25) is 0 Å². The number of nitrogens with two attached hydrogens (primary N) is 1. The highest BCUT2D eigenvalue weighted by molar-refractivity contribution is 7.99. The van der Waals surface area contributed by atoms with E-state index in [9.17, 15) is 4.79 Å². The van der Waals surface area contributed by atoms with Crippen LogP contribution < -0.4 is 16.4 Å². The van der Waals surface area contributed by atoms with E-state index >= 15 is 0 Å². The van der Waals surface area contributed by atoms with Crippen molar-refractivity contribution in [2.75, 3.05) is 24.6 Å². The summed E-state index contributed by atoms with van der Waals surface area (Å²) in [5.74, 6) is 3.32. The van der Waals surface area contributed by atoms with Crippen molar-refractivity contribution >= 4 is 23.8 Å². The molecule has 2 amide bonds. The molecule has 0 spiro atoms. The Kier molecular flexibility index (Phi) is 14.4. The minimum atomic E-state index is -0.260. The molecule has 0 rings (SSSR count). The third-order valence-corrected chi connectivity index (χ3v) is 4.34. The van der Waals surface area contributed by atoms with E-state index in [0.717, 1.165) is 37.4 Å². The number of carbonyl (C=O) groups excluding carboxylic acids is 1. The number of unbranched alkanes of at least 4 members (excludes halogenated alkanes) is 2. The fourth-order valence-corrected chi connectivity index (χ4v) is 2.74. The van der Waals surface area contributed by atoms with Crippen LogP contribution in [0.1, 0.15) is 59.3 Å². The number of hydrogen-bond acceptors (Lipinski definition) is 3. The van der Waals surface area contributed by atoms with Gasteiger partial charge in [0.1, 0.15) is 0 Å². The number of nitrogens with one attached hydrogen (secondary N) is 2. The molecule has 22 heavy (non-hydrogen) atoms. The lowest BCUT2D eigenvalue weighted by molar-refractivity contribution is 0.245. The number of rotatable bonds is 12. The molecule has 0 unspecified atom stereocenters. The van der Waals surface area contributed by atoms with Gasteiger partial charge in [-0.25, -0.2) is 4.79 Å². The van der Waals surface area contributed by atoms with Gasteiger partial charge in [-0.05, 0) is 43.1 Å². The van der Waals surface area contributed by atoms with Crippen molar-refractivity contribution < 1.29 is 4.79 Å². The van der Waals surface area contributed by atoms with Crippen molar-refractivity contribution in [1.82, 2.24) is 10.6 Å². The predicted octanol–water partition coefficient (Wildman–Crippen LogP) is 3.35. The number of guanidine groups is 1. The fourth-order valence-electron chi connectivity index (χ4n) is 1.84. The zero-order chi connectivity index (χ0) is 16.6. The Labute approximate surface area is 140 Å². The normalized spacial score (nSPS) is 11.7. The van der Waals surface area contributed by atoms with Gasteiger partial charge in [0, 0.05) is 13.1 Å². The van der Waals surface area contributed by atoms with Crippen LogP contribution in [0.2, 0.25) is 0 Å². The standard InChI is InChI=1S/C16H34N4OS/c1-4-12-22-13-8-7-11-19-16(21)20-15(17)18-10-6-5-9-14(2)3/h14H,4-13H2,1-3H3,(H4,17,18,19,20,21). The molecule has 0 saturated heterocycles. The Bertz CT molecular complexity index is 309. The van der Waals surface area contributed by atoms with E-state index in [1.165, 1.54) is 18.6 Å². The van der Waals surface area contributed by atoms with E-state index in [4.69, 9.17) is 5.73 Å². The van der Waals surface area contributed by atoms with Crippen LogP contribution in [0.25, 0.3) is 0 Å². The summed E-state index contributed by atoms with van der Waals surface area (Å²) in [6, 6.07) is -0.260. The molecule has 0 saturated carbocycles. The summed E-state index contributed by atoms with van der Waals surface area (Å²) in [5.41, 5.74) is 5.68. The second kappa shape index (κ2) is 15.0. The smallest absolute Gasteiger partial charge is 0.321 e. The molecule has 0 heterocycles. The quantitative estimate of drug-likeness (QED) is 0.292. The molecular weight excluding hydrogens is 296 g/mol. The Morgan fingerprint density at radius 3 is 2.64 bits per heavy atom. The summed E-state index contributed by atoms with van der Waals surface area (Å²) in [4.78, 5) is 15.7. The van der Waals surface area contributed by atoms with Crippen molar-refractivity contribution in [3.05, 3.63) is 0 Å². The molecule has 0 fully saturated rings. The first-order valence-electron chi connectivity index (χ1n) is 8.48. The Hall–Kier alpha value is -0.910. The maximum absolute atomic E-state index is 11.6. The second-order valence-corrected chi connectivity index (χ2v) is 7.08. The van der Waals surface area contributed by atoms with Crippen molar-refractivity contribution in [3.63, 3.8) is 0 Å². The van der Waals surface area contributed by atoms with Gasteiger partial charge in [-0.15, -0.1) is 0 Å². The van der Waals surface area contributed by atoms with Gasteiger partial charge in [-0.3, -0.25) is 10.3 Å². The average Bonchev–Trinajstić information content (AvgIpc) is 2.45. The first kappa shape index (κ1) is 21.1. The van der Waals surface area contributed by atoms with Crippen LogP contribution in [0.3, 0.4) is 0 Å². The van der Waals surface area contributed by atoms with Gasteiger partial charge >= 0.3 is 6.03 Å². The van der Waals surface area contributed by atoms with Crippen LogP contribution in [0, 0.1) is 5.92 Å². The molecule has 0 aliphatic rings. The molecule has 0 aliphatic carbocycles. The summed E-state index contributed by atoms with van der Waals surface area (Å²) in [7, 11) is 0. The highest BCUT2D eigenvalue weighted by Crippen LogP contribution is 2.06. The van der Waals surface area contributed by atoms with Gasteiger partial charge in [0.25, 0.3) is 0 Å². The summed E-state index contributed by atoms with van der Waals surface area (Å²) in [6.45, 7) is 7.97. The van der Waals surface area contributed by atoms with Gasteiger partial charge < -0.3 is 11.1 Å². The lowest BCUT2D eigenvalue weighted by Crippen LogP contribution is -2.43. The van der Waals surface area contributed by atoms with Crippen LogP contribution in [0.15, 0.2) is 4.99 Å². The molecule has 0 aromatic carbocycles. The van der Waals surface area contributed by atoms with Gasteiger partial charge in [-0.2, -0.15) is 11.8 Å². The topological polar surface area (TPSA) is 79.5 Å². The molecular formula is C16H34N4OS. The van der Waals surface area contributed by atoms with Crippen LogP contribution in [0.5, 0.6) is 0 Å². The minimum Gasteiger partial charge on any atom is -0.370 e. The number of amides is 2. The minimum absolute atomic E-state index is 0.209. The zero-order valence-electron chi connectivity index (χ0n) is 14.5. The van der Waals surface area contributed by atoms with Crippen molar-refractivity contribution in [1.29, 1.82) is 0 Å². The maximum atomic E-state index is 11.6. The largest absolute Gasteiger partial charge is 0.370 e.